The quantitative estimate of drug-likeness (QED) is 0.473. The second-order valence-electron chi connectivity index (χ2n) is 7.01. The molecule has 0 radical (unpaired) electrons. The van der Waals surface area contributed by atoms with Gasteiger partial charge < -0.3 is 0 Å². The van der Waals surface area contributed by atoms with Crippen molar-refractivity contribution in [2.24, 2.45) is 0 Å². The molecule has 28 heavy (non-hydrogen) atoms. The minimum absolute atomic E-state index is 0.732. The van der Waals surface area contributed by atoms with Gasteiger partial charge in [-0.3, -0.25) is 0 Å². The first kappa shape index (κ1) is 19.5. The van der Waals surface area contributed by atoms with Crippen LogP contribution in [0, 0.1) is 23.2 Å². The van der Waals surface area contributed by atoms with Crippen molar-refractivity contribution in [3.05, 3.63) is 94.5 Å². The van der Waals surface area contributed by atoms with E-state index in [1.165, 1.54) is 23.1 Å². The second-order valence-corrected chi connectivity index (χ2v) is 7.01. The van der Waals surface area contributed by atoms with E-state index in [1.54, 1.807) is 0 Å². The van der Waals surface area contributed by atoms with Gasteiger partial charge >= 0.3 is 0 Å². The van der Waals surface area contributed by atoms with Crippen LogP contribution in [0.1, 0.15) is 54.5 Å². The predicted octanol–water partition coefficient (Wildman–Crippen LogP) is 6.53. The summed E-state index contributed by atoms with van der Waals surface area (Å²) in [6.45, 7) is 4.33. The Morgan fingerprint density at radius 3 is 1.86 bits per heavy atom. The topological polar surface area (TPSA) is 23.8 Å². The zero-order valence-corrected chi connectivity index (χ0v) is 16.6. The Kier molecular flexibility index (Phi) is 6.67. The van der Waals surface area contributed by atoms with Gasteiger partial charge in [0, 0.05) is 11.1 Å². The maximum absolute atomic E-state index is 9.34. The summed E-state index contributed by atoms with van der Waals surface area (Å²) < 4.78 is 0. The SMILES string of the molecule is CCCc1ccc(-c2ccc(C#Cc3ccc(CCC)c(C#N)c3)cc2)cc1. The zero-order chi connectivity index (χ0) is 19.8. The molecule has 0 spiro atoms. The number of aryl methyl sites for hydroxylation is 2. The van der Waals surface area contributed by atoms with E-state index in [0.717, 1.165) is 41.5 Å². The molecule has 0 aliphatic heterocycles. The molecule has 0 saturated heterocycles. The molecule has 138 valence electrons. The third kappa shape index (κ3) is 4.91. The van der Waals surface area contributed by atoms with Crippen LogP contribution in [0.4, 0.5) is 0 Å². The summed E-state index contributed by atoms with van der Waals surface area (Å²) in [6, 6.07) is 25.3. The van der Waals surface area contributed by atoms with Gasteiger partial charge in [0.25, 0.3) is 0 Å². The van der Waals surface area contributed by atoms with Gasteiger partial charge in [-0.25, -0.2) is 0 Å². The molecular formula is C27H25N. The standard InChI is InChI=1S/C27H25N/c1-3-5-21-9-14-25(15-10-21)26-16-11-22(12-17-26)7-8-23-13-18-24(6-4-2)27(19-23)20-28/h9-19H,3-6H2,1-2H3. The summed E-state index contributed by atoms with van der Waals surface area (Å²) in [5.74, 6) is 6.39. The van der Waals surface area contributed by atoms with Crippen molar-refractivity contribution in [3.8, 4) is 29.0 Å². The molecule has 0 saturated carbocycles. The Bertz CT molecular complexity index is 1020. The number of hydrogen-bond donors (Lipinski definition) is 0. The van der Waals surface area contributed by atoms with E-state index in [2.05, 4.69) is 80.3 Å². The molecule has 1 heteroatoms. The number of benzene rings is 3. The van der Waals surface area contributed by atoms with E-state index in [0.29, 0.717) is 0 Å². The Balaban J connectivity index is 1.76. The largest absolute Gasteiger partial charge is 0.192 e. The number of hydrogen-bond acceptors (Lipinski definition) is 1. The van der Waals surface area contributed by atoms with Crippen molar-refractivity contribution in [1.82, 2.24) is 0 Å². The van der Waals surface area contributed by atoms with Crippen LogP contribution in [0.5, 0.6) is 0 Å². The normalized spacial score (nSPS) is 10.0. The molecule has 0 N–H and O–H groups in total. The molecule has 0 heterocycles. The van der Waals surface area contributed by atoms with Crippen molar-refractivity contribution in [3.63, 3.8) is 0 Å². The number of rotatable bonds is 5. The average Bonchev–Trinajstić information content (AvgIpc) is 2.74. The monoisotopic (exact) mass is 363 g/mol. The van der Waals surface area contributed by atoms with E-state index < -0.39 is 0 Å². The van der Waals surface area contributed by atoms with Crippen molar-refractivity contribution >= 4 is 0 Å². The minimum Gasteiger partial charge on any atom is -0.192 e. The van der Waals surface area contributed by atoms with Crippen molar-refractivity contribution in [1.29, 1.82) is 5.26 Å². The molecule has 1 nitrogen and oxygen atoms in total. The van der Waals surface area contributed by atoms with Crippen LogP contribution >= 0.6 is 0 Å². The van der Waals surface area contributed by atoms with Crippen molar-refractivity contribution in [2.75, 3.05) is 0 Å². The molecule has 3 rings (SSSR count). The maximum atomic E-state index is 9.34. The molecule has 3 aromatic carbocycles. The summed E-state index contributed by atoms with van der Waals surface area (Å²) in [5, 5.41) is 9.34. The van der Waals surface area contributed by atoms with Gasteiger partial charge in [0.15, 0.2) is 0 Å². The number of nitriles is 1. The third-order valence-corrected chi connectivity index (χ3v) is 4.81. The predicted molar refractivity (Wildman–Crippen MR) is 117 cm³/mol. The highest BCUT2D eigenvalue weighted by atomic mass is 14.2. The van der Waals surface area contributed by atoms with Crippen LogP contribution in [0.25, 0.3) is 11.1 Å². The second kappa shape index (κ2) is 9.59. The molecular weight excluding hydrogens is 338 g/mol. The first-order valence-corrected chi connectivity index (χ1v) is 9.98. The molecule has 0 aliphatic carbocycles. The lowest BCUT2D eigenvalue weighted by atomic mass is 10.0. The van der Waals surface area contributed by atoms with Crippen molar-refractivity contribution < 1.29 is 0 Å². The van der Waals surface area contributed by atoms with Gasteiger partial charge in [-0.15, -0.1) is 0 Å². The van der Waals surface area contributed by atoms with Gasteiger partial charge in [0.1, 0.15) is 0 Å². The molecule has 0 fully saturated rings. The minimum atomic E-state index is 0.732. The first-order valence-electron chi connectivity index (χ1n) is 9.98. The molecule has 0 amide bonds. The lowest BCUT2D eigenvalue weighted by Gasteiger charge is -2.04. The smallest absolute Gasteiger partial charge is 0.0994 e. The summed E-state index contributed by atoms with van der Waals surface area (Å²) >= 11 is 0. The molecule has 0 aromatic heterocycles. The fourth-order valence-electron chi connectivity index (χ4n) is 3.29. The van der Waals surface area contributed by atoms with Crippen LogP contribution in [-0.2, 0) is 12.8 Å². The van der Waals surface area contributed by atoms with Gasteiger partial charge in [0.05, 0.1) is 11.6 Å². The third-order valence-electron chi connectivity index (χ3n) is 4.81. The molecule has 0 unspecified atom stereocenters. The molecule has 0 aliphatic rings. The van der Waals surface area contributed by atoms with Crippen LogP contribution < -0.4 is 0 Å². The van der Waals surface area contributed by atoms with E-state index in [-0.39, 0.29) is 0 Å². The van der Waals surface area contributed by atoms with Gasteiger partial charge in [-0.05, 0) is 59.4 Å². The Morgan fingerprint density at radius 2 is 1.25 bits per heavy atom. The Morgan fingerprint density at radius 1 is 0.679 bits per heavy atom. The van der Waals surface area contributed by atoms with Gasteiger partial charge in [0.2, 0.25) is 0 Å². The molecule has 0 atom stereocenters. The fourth-order valence-corrected chi connectivity index (χ4v) is 3.29. The average molecular weight is 364 g/mol. The lowest BCUT2D eigenvalue weighted by molar-refractivity contribution is 0.918. The van der Waals surface area contributed by atoms with E-state index >= 15 is 0 Å². The van der Waals surface area contributed by atoms with Crippen LogP contribution in [0.15, 0.2) is 66.7 Å². The van der Waals surface area contributed by atoms with Gasteiger partial charge in [-0.1, -0.05) is 81.0 Å². The van der Waals surface area contributed by atoms with Crippen LogP contribution in [-0.4, -0.2) is 0 Å². The van der Waals surface area contributed by atoms with E-state index in [9.17, 15) is 5.26 Å². The summed E-state index contributed by atoms with van der Waals surface area (Å²) in [6.07, 6.45) is 4.26. The molecule has 0 bridgehead atoms. The lowest BCUT2D eigenvalue weighted by Crippen LogP contribution is -1.90. The van der Waals surface area contributed by atoms with Gasteiger partial charge in [-0.2, -0.15) is 5.26 Å². The Labute approximate surface area is 168 Å². The summed E-state index contributed by atoms with van der Waals surface area (Å²) in [5.41, 5.74) is 7.50. The number of nitrogens with zero attached hydrogens (tertiary/aromatic N) is 1. The summed E-state index contributed by atoms with van der Waals surface area (Å²) in [7, 11) is 0. The van der Waals surface area contributed by atoms with Crippen LogP contribution in [0.3, 0.4) is 0 Å². The Hall–Kier alpha value is -3.29. The summed E-state index contributed by atoms with van der Waals surface area (Å²) in [4.78, 5) is 0. The highest BCUT2D eigenvalue weighted by molar-refractivity contribution is 5.65. The van der Waals surface area contributed by atoms with E-state index in [4.69, 9.17) is 0 Å². The van der Waals surface area contributed by atoms with E-state index in [1.807, 2.05) is 18.2 Å². The first-order chi connectivity index (χ1) is 13.7. The fraction of sp³-hybridized carbons (Fsp3) is 0.222. The molecule has 3 aromatic rings. The maximum Gasteiger partial charge on any atom is 0.0994 e. The van der Waals surface area contributed by atoms with Crippen molar-refractivity contribution in [2.45, 2.75) is 39.5 Å². The van der Waals surface area contributed by atoms with Crippen LogP contribution in [0.2, 0.25) is 0 Å². The zero-order valence-electron chi connectivity index (χ0n) is 16.6. The highest BCUT2D eigenvalue weighted by Gasteiger charge is 2.02. The highest BCUT2D eigenvalue weighted by Crippen LogP contribution is 2.21.